The van der Waals surface area contributed by atoms with Gasteiger partial charge in [-0.25, -0.2) is 0 Å². The highest BCUT2D eigenvalue weighted by molar-refractivity contribution is 5.79. The Morgan fingerprint density at radius 3 is 2.58 bits per heavy atom. The summed E-state index contributed by atoms with van der Waals surface area (Å²) in [6.45, 7) is 4.40. The number of rotatable bonds is 1. The van der Waals surface area contributed by atoms with Crippen molar-refractivity contribution in [1.82, 2.24) is 5.32 Å². The van der Waals surface area contributed by atoms with Crippen molar-refractivity contribution < 1.29 is 4.79 Å². The molecule has 1 aliphatic rings. The van der Waals surface area contributed by atoms with Crippen LogP contribution in [0.15, 0.2) is 0 Å². The normalized spacial score (nSPS) is 28.1. The molecule has 1 aliphatic carbocycles. The molecule has 2 nitrogen and oxygen atoms in total. The first kappa shape index (κ1) is 9.56. The summed E-state index contributed by atoms with van der Waals surface area (Å²) in [6, 6.07) is 0. The molecule has 0 aromatic heterocycles. The Balaban J connectivity index is 2.66. The van der Waals surface area contributed by atoms with Crippen molar-refractivity contribution in [2.45, 2.75) is 39.5 Å². The van der Waals surface area contributed by atoms with Crippen LogP contribution in [0.3, 0.4) is 0 Å². The highest BCUT2D eigenvalue weighted by Gasteiger charge is 2.36. The first-order valence-electron chi connectivity index (χ1n) is 4.79. The summed E-state index contributed by atoms with van der Waals surface area (Å²) in [5.74, 6) is 0.455. The van der Waals surface area contributed by atoms with Crippen LogP contribution in [-0.2, 0) is 4.79 Å². The predicted octanol–water partition coefficient (Wildman–Crippen LogP) is 1.95. The van der Waals surface area contributed by atoms with Gasteiger partial charge in [0.2, 0.25) is 5.91 Å². The second-order valence-corrected chi connectivity index (χ2v) is 4.40. The van der Waals surface area contributed by atoms with Crippen LogP contribution in [0.5, 0.6) is 0 Å². The fourth-order valence-electron chi connectivity index (χ4n) is 2.15. The van der Waals surface area contributed by atoms with Crippen molar-refractivity contribution in [3.05, 3.63) is 0 Å². The standard InChI is InChI=1S/C10H19NO/c1-10(2)7-5-4-6-8(10)9(12)11-3/h8H,4-7H2,1-3H3,(H,11,12). The Labute approximate surface area is 74.7 Å². The molecule has 1 atom stereocenters. The topological polar surface area (TPSA) is 29.1 Å². The Hall–Kier alpha value is -0.530. The lowest BCUT2D eigenvalue weighted by molar-refractivity contribution is -0.129. The number of nitrogens with one attached hydrogen (secondary N) is 1. The molecule has 1 fully saturated rings. The molecule has 0 bridgehead atoms. The molecule has 0 aliphatic heterocycles. The van der Waals surface area contributed by atoms with Crippen molar-refractivity contribution >= 4 is 5.91 Å². The zero-order valence-corrected chi connectivity index (χ0v) is 8.31. The van der Waals surface area contributed by atoms with Crippen LogP contribution in [0.25, 0.3) is 0 Å². The van der Waals surface area contributed by atoms with Gasteiger partial charge >= 0.3 is 0 Å². The Morgan fingerprint density at radius 2 is 2.08 bits per heavy atom. The summed E-state index contributed by atoms with van der Waals surface area (Å²) in [7, 11) is 1.73. The van der Waals surface area contributed by atoms with E-state index in [4.69, 9.17) is 0 Å². The van der Waals surface area contributed by atoms with Crippen molar-refractivity contribution in [1.29, 1.82) is 0 Å². The Kier molecular flexibility index (Phi) is 2.76. The van der Waals surface area contributed by atoms with Gasteiger partial charge in [0.15, 0.2) is 0 Å². The highest BCUT2D eigenvalue weighted by atomic mass is 16.1. The van der Waals surface area contributed by atoms with E-state index in [0.717, 1.165) is 6.42 Å². The van der Waals surface area contributed by atoms with Crippen LogP contribution in [0.2, 0.25) is 0 Å². The third kappa shape index (κ3) is 1.79. The summed E-state index contributed by atoms with van der Waals surface area (Å²) >= 11 is 0. The summed E-state index contributed by atoms with van der Waals surface area (Å²) in [5, 5.41) is 2.75. The second kappa shape index (κ2) is 3.46. The van der Waals surface area contributed by atoms with Gasteiger partial charge in [-0.3, -0.25) is 4.79 Å². The van der Waals surface area contributed by atoms with Gasteiger partial charge in [0.05, 0.1) is 0 Å². The molecule has 1 rings (SSSR count). The molecule has 0 heterocycles. The lowest BCUT2D eigenvalue weighted by Crippen LogP contribution is -2.39. The first-order valence-corrected chi connectivity index (χ1v) is 4.79. The van der Waals surface area contributed by atoms with Gasteiger partial charge in [-0.05, 0) is 18.3 Å². The quantitative estimate of drug-likeness (QED) is 0.638. The minimum Gasteiger partial charge on any atom is -0.359 e. The molecular formula is C10H19NO. The average Bonchev–Trinajstić information content (AvgIpc) is 2.02. The van der Waals surface area contributed by atoms with Gasteiger partial charge in [0, 0.05) is 13.0 Å². The van der Waals surface area contributed by atoms with E-state index in [-0.39, 0.29) is 17.2 Å². The van der Waals surface area contributed by atoms with Gasteiger partial charge in [-0.1, -0.05) is 26.7 Å². The lowest BCUT2D eigenvalue weighted by Gasteiger charge is -2.37. The van der Waals surface area contributed by atoms with E-state index >= 15 is 0 Å². The molecule has 0 aromatic rings. The molecule has 0 saturated heterocycles. The Morgan fingerprint density at radius 1 is 1.42 bits per heavy atom. The summed E-state index contributed by atoms with van der Waals surface area (Å²) in [4.78, 5) is 11.5. The third-order valence-electron chi connectivity index (χ3n) is 3.07. The van der Waals surface area contributed by atoms with Crippen LogP contribution < -0.4 is 5.32 Å². The van der Waals surface area contributed by atoms with Gasteiger partial charge in [-0.15, -0.1) is 0 Å². The molecule has 0 radical (unpaired) electrons. The molecular weight excluding hydrogens is 150 g/mol. The highest BCUT2D eigenvalue weighted by Crippen LogP contribution is 2.40. The van der Waals surface area contributed by atoms with Gasteiger partial charge in [-0.2, -0.15) is 0 Å². The van der Waals surface area contributed by atoms with E-state index in [1.54, 1.807) is 7.05 Å². The number of hydrogen-bond donors (Lipinski definition) is 1. The van der Waals surface area contributed by atoms with Crippen LogP contribution >= 0.6 is 0 Å². The largest absolute Gasteiger partial charge is 0.359 e. The van der Waals surface area contributed by atoms with Gasteiger partial charge < -0.3 is 5.32 Å². The van der Waals surface area contributed by atoms with E-state index in [0.29, 0.717) is 0 Å². The molecule has 1 saturated carbocycles. The van der Waals surface area contributed by atoms with E-state index in [9.17, 15) is 4.79 Å². The zero-order chi connectivity index (χ0) is 9.19. The number of carbonyl (C=O) groups is 1. The smallest absolute Gasteiger partial charge is 0.223 e. The van der Waals surface area contributed by atoms with E-state index in [1.807, 2.05) is 0 Å². The monoisotopic (exact) mass is 169 g/mol. The molecule has 12 heavy (non-hydrogen) atoms. The molecule has 70 valence electrons. The fourth-order valence-corrected chi connectivity index (χ4v) is 2.15. The Bertz CT molecular complexity index is 175. The fraction of sp³-hybridized carbons (Fsp3) is 0.900. The molecule has 2 heteroatoms. The maximum Gasteiger partial charge on any atom is 0.223 e. The van der Waals surface area contributed by atoms with Crippen molar-refractivity contribution in [2.24, 2.45) is 11.3 Å². The van der Waals surface area contributed by atoms with Crippen LogP contribution in [0, 0.1) is 11.3 Å². The minimum atomic E-state index is 0.207. The average molecular weight is 169 g/mol. The number of hydrogen-bond acceptors (Lipinski definition) is 1. The summed E-state index contributed by atoms with van der Waals surface area (Å²) in [6.07, 6.45) is 4.74. The van der Waals surface area contributed by atoms with E-state index in [2.05, 4.69) is 19.2 Å². The van der Waals surface area contributed by atoms with Crippen LogP contribution in [0.1, 0.15) is 39.5 Å². The molecule has 0 aromatic carbocycles. The number of amides is 1. The van der Waals surface area contributed by atoms with Crippen LogP contribution in [-0.4, -0.2) is 13.0 Å². The second-order valence-electron chi connectivity index (χ2n) is 4.40. The predicted molar refractivity (Wildman–Crippen MR) is 49.8 cm³/mol. The zero-order valence-electron chi connectivity index (χ0n) is 8.31. The number of carbonyl (C=O) groups excluding carboxylic acids is 1. The summed E-state index contributed by atoms with van der Waals surface area (Å²) in [5.41, 5.74) is 0.207. The maximum absolute atomic E-state index is 11.5. The third-order valence-corrected chi connectivity index (χ3v) is 3.07. The summed E-state index contributed by atoms with van der Waals surface area (Å²) < 4.78 is 0. The van der Waals surface area contributed by atoms with Crippen molar-refractivity contribution in [3.8, 4) is 0 Å². The van der Waals surface area contributed by atoms with Gasteiger partial charge in [0.25, 0.3) is 0 Å². The molecule has 0 spiro atoms. The molecule has 1 amide bonds. The van der Waals surface area contributed by atoms with Gasteiger partial charge in [0.1, 0.15) is 0 Å². The maximum atomic E-state index is 11.5. The minimum absolute atomic E-state index is 0.207. The first-order chi connectivity index (χ1) is 5.58. The van der Waals surface area contributed by atoms with Crippen molar-refractivity contribution in [2.75, 3.05) is 7.05 Å². The molecule has 1 unspecified atom stereocenters. The lowest BCUT2D eigenvalue weighted by atomic mass is 9.68. The van der Waals surface area contributed by atoms with E-state index < -0.39 is 0 Å². The van der Waals surface area contributed by atoms with E-state index in [1.165, 1.54) is 19.3 Å². The molecule has 1 N–H and O–H groups in total. The van der Waals surface area contributed by atoms with Crippen LogP contribution in [0.4, 0.5) is 0 Å². The van der Waals surface area contributed by atoms with Crippen molar-refractivity contribution in [3.63, 3.8) is 0 Å². The SMILES string of the molecule is CNC(=O)C1CCCCC1(C)C.